The molecule has 0 bridgehead atoms. The van der Waals surface area contributed by atoms with Gasteiger partial charge in [0.25, 0.3) is 0 Å². The van der Waals surface area contributed by atoms with E-state index in [0.717, 1.165) is 0 Å². The van der Waals surface area contributed by atoms with Crippen molar-refractivity contribution in [3.63, 3.8) is 0 Å². The van der Waals surface area contributed by atoms with E-state index >= 15 is 0 Å². The van der Waals surface area contributed by atoms with E-state index in [1.165, 1.54) is 0 Å². The minimum atomic E-state index is -0.608. The predicted molar refractivity (Wildman–Crippen MR) is 108 cm³/mol. The lowest BCUT2D eigenvalue weighted by atomic mass is 10.2. The molecule has 0 saturated heterocycles. The number of rotatable bonds is 6. The van der Waals surface area contributed by atoms with Crippen LogP contribution in [0.5, 0.6) is 11.5 Å². The van der Waals surface area contributed by atoms with E-state index in [1.54, 1.807) is 45.0 Å². The van der Waals surface area contributed by atoms with Gasteiger partial charge < -0.3 is 19.9 Å². The summed E-state index contributed by atoms with van der Waals surface area (Å²) in [4.78, 5) is 23.1. The molecule has 2 N–H and O–H groups in total. The third kappa shape index (κ3) is 12.7. The Morgan fingerprint density at radius 1 is 1.04 bits per heavy atom. The van der Waals surface area contributed by atoms with Gasteiger partial charge in [-0.25, -0.2) is 9.59 Å². The van der Waals surface area contributed by atoms with Crippen LogP contribution in [-0.2, 0) is 14.3 Å². The monoisotopic (exact) mass is 387 g/mol. The first-order valence-corrected chi connectivity index (χ1v) is 10.4. The maximum Gasteiger partial charge on any atom is 0.344 e. The quantitative estimate of drug-likeness (QED) is 0.452. The number of benzene rings is 1. The van der Waals surface area contributed by atoms with Gasteiger partial charge in [-0.2, -0.15) is 0 Å². The largest absolute Gasteiger partial charge is 0.482 e. The van der Waals surface area contributed by atoms with Crippen LogP contribution in [0.3, 0.4) is 0 Å². The molecule has 0 amide bonds. The highest BCUT2D eigenvalue weighted by Gasteiger charge is 2.17. The average molecular weight is 387 g/mol. The molecule has 0 aliphatic heterocycles. The number of ether oxygens (including phenoxy) is 3. The third-order valence-electron chi connectivity index (χ3n) is 2.38. The van der Waals surface area contributed by atoms with Crippen LogP contribution in [-0.4, -0.2) is 36.6 Å². The first-order chi connectivity index (χ1) is 12.2. The van der Waals surface area contributed by atoms with Gasteiger partial charge in [0, 0.05) is 0 Å². The van der Waals surface area contributed by atoms with Crippen LogP contribution in [0.1, 0.15) is 48.5 Å². The summed E-state index contributed by atoms with van der Waals surface area (Å²) in [5.74, 6) is -0.667. The summed E-state index contributed by atoms with van der Waals surface area (Å²) in [7, 11) is 0.280. The fraction of sp³-hybridized carbons (Fsp3) is 0.579. The SMILES string of the molecule is CC.CC.CPC(N)C(=O)Oc1ccc(OCC(=O)OC(C)(C)C)cc1. The molecule has 0 aliphatic rings. The lowest BCUT2D eigenvalue weighted by Crippen LogP contribution is -2.29. The summed E-state index contributed by atoms with van der Waals surface area (Å²) in [5, 5.41) is 0. The number of hydrogen-bond acceptors (Lipinski definition) is 6. The lowest BCUT2D eigenvalue weighted by molar-refractivity contribution is -0.157. The molecule has 0 heterocycles. The zero-order chi connectivity index (χ0) is 20.8. The Labute approximate surface area is 159 Å². The lowest BCUT2D eigenvalue weighted by Gasteiger charge is -2.19. The van der Waals surface area contributed by atoms with Crippen molar-refractivity contribution in [3.05, 3.63) is 24.3 Å². The number of carbonyl (C=O) groups is 2. The van der Waals surface area contributed by atoms with Crippen LogP contribution in [0, 0.1) is 0 Å². The highest BCUT2D eigenvalue weighted by molar-refractivity contribution is 7.39. The first-order valence-electron chi connectivity index (χ1n) is 8.80. The van der Waals surface area contributed by atoms with E-state index < -0.39 is 23.3 Å². The summed E-state index contributed by atoms with van der Waals surface area (Å²) in [6, 6.07) is 6.36. The van der Waals surface area contributed by atoms with Crippen LogP contribution in [0.2, 0.25) is 0 Å². The molecule has 2 unspecified atom stereocenters. The molecule has 0 fully saturated rings. The van der Waals surface area contributed by atoms with E-state index in [9.17, 15) is 9.59 Å². The minimum absolute atomic E-state index is 0.182. The molecule has 0 spiro atoms. The number of nitrogens with two attached hydrogens (primary N) is 1. The van der Waals surface area contributed by atoms with Crippen molar-refractivity contribution in [3.8, 4) is 11.5 Å². The van der Waals surface area contributed by atoms with E-state index in [1.807, 2.05) is 34.4 Å². The highest BCUT2D eigenvalue weighted by atomic mass is 31.1. The molecule has 0 saturated carbocycles. The molecule has 6 nitrogen and oxygen atoms in total. The van der Waals surface area contributed by atoms with Gasteiger partial charge >= 0.3 is 11.9 Å². The average Bonchev–Trinajstić information content (AvgIpc) is 2.62. The molecule has 1 rings (SSSR count). The molecule has 1 aromatic rings. The van der Waals surface area contributed by atoms with Crippen molar-refractivity contribution >= 4 is 20.5 Å². The second-order valence-electron chi connectivity index (χ2n) is 5.53. The van der Waals surface area contributed by atoms with Gasteiger partial charge in [0.1, 0.15) is 22.9 Å². The van der Waals surface area contributed by atoms with Crippen LogP contribution in [0.4, 0.5) is 0 Å². The second kappa shape index (κ2) is 14.5. The van der Waals surface area contributed by atoms with Gasteiger partial charge in [-0.15, -0.1) is 0 Å². The summed E-state index contributed by atoms with van der Waals surface area (Å²) in [6.45, 7) is 15.0. The van der Waals surface area contributed by atoms with Crippen LogP contribution in [0.25, 0.3) is 0 Å². The second-order valence-corrected chi connectivity index (χ2v) is 6.73. The van der Waals surface area contributed by atoms with Crippen LogP contribution in [0.15, 0.2) is 24.3 Å². The number of carbonyl (C=O) groups excluding carboxylic acids is 2. The zero-order valence-electron chi connectivity index (χ0n) is 17.2. The summed E-state index contributed by atoms with van der Waals surface area (Å²) < 4.78 is 15.5. The molecule has 0 aliphatic carbocycles. The van der Waals surface area contributed by atoms with Crippen molar-refractivity contribution in [2.75, 3.05) is 13.3 Å². The predicted octanol–water partition coefficient (Wildman–Crippen LogP) is 3.96. The fourth-order valence-electron chi connectivity index (χ4n) is 1.41. The highest BCUT2D eigenvalue weighted by Crippen LogP contribution is 2.19. The van der Waals surface area contributed by atoms with Crippen LogP contribution >= 0.6 is 8.58 Å². The minimum Gasteiger partial charge on any atom is -0.482 e. The summed E-state index contributed by atoms with van der Waals surface area (Å²) >= 11 is 0. The van der Waals surface area contributed by atoms with E-state index in [4.69, 9.17) is 19.9 Å². The van der Waals surface area contributed by atoms with Gasteiger partial charge in [-0.05, 0) is 51.7 Å². The maximum absolute atomic E-state index is 11.5. The Balaban J connectivity index is 0. The Morgan fingerprint density at radius 2 is 1.50 bits per heavy atom. The number of hydrogen-bond donors (Lipinski definition) is 1. The summed E-state index contributed by atoms with van der Waals surface area (Å²) in [5.41, 5.74) is 5.04. The molecule has 2 atom stereocenters. The van der Waals surface area contributed by atoms with E-state index in [0.29, 0.717) is 11.5 Å². The first kappa shape index (κ1) is 26.6. The molecular formula is C19H34NO5P. The van der Waals surface area contributed by atoms with Gasteiger partial charge in [0.15, 0.2) is 6.61 Å². The van der Waals surface area contributed by atoms with Crippen molar-refractivity contribution in [2.45, 2.75) is 59.9 Å². The number of esters is 2. The fourth-order valence-corrected chi connectivity index (χ4v) is 1.71. The normalized spacial score (nSPS) is 11.4. The molecule has 0 aromatic heterocycles. The Morgan fingerprint density at radius 3 is 1.92 bits per heavy atom. The Hall–Kier alpha value is -1.65. The van der Waals surface area contributed by atoms with Gasteiger partial charge in [0.05, 0.1) is 0 Å². The van der Waals surface area contributed by atoms with E-state index in [2.05, 4.69) is 0 Å². The van der Waals surface area contributed by atoms with Crippen molar-refractivity contribution in [1.29, 1.82) is 0 Å². The molecular weight excluding hydrogens is 353 g/mol. The summed E-state index contributed by atoms with van der Waals surface area (Å²) in [6.07, 6.45) is 0. The van der Waals surface area contributed by atoms with Crippen LogP contribution < -0.4 is 15.2 Å². The zero-order valence-corrected chi connectivity index (χ0v) is 18.2. The smallest absolute Gasteiger partial charge is 0.344 e. The Bertz CT molecular complexity index is 512. The maximum atomic E-state index is 11.5. The van der Waals surface area contributed by atoms with Gasteiger partial charge in [0.2, 0.25) is 0 Å². The van der Waals surface area contributed by atoms with Crippen molar-refractivity contribution in [1.82, 2.24) is 0 Å². The molecule has 0 radical (unpaired) electrons. The Kier molecular flexibility index (Phi) is 14.8. The van der Waals surface area contributed by atoms with Crippen molar-refractivity contribution in [2.24, 2.45) is 5.73 Å². The standard InChI is InChI=1S/C15H22NO5P.2C2H6/c1-15(2,3)21-12(17)9-19-10-5-7-11(8-6-10)20-14(18)13(16)22-4;2*1-2/h5-8,13,22H,9,16H2,1-4H3;2*1-2H3. The van der Waals surface area contributed by atoms with Gasteiger partial charge in [-0.3, -0.25) is 0 Å². The molecule has 150 valence electrons. The molecule has 1 aromatic carbocycles. The topological polar surface area (TPSA) is 87.9 Å². The van der Waals surface area contributed by atoms with Gasteiger partial charge in [-0.1, -0.05) is 36.3 Å². The molecule has 26 heavy (non-hydrogen) atoms. The molecule has 7 heteroatoms. The van der Waals surface area contributed by atoms with E-state index in [-0.39, 0.29) is 15.2 Å². The third-order valence-corrected chi connectivity index (χ3v) is 3.24. The van der Waals surface area contributed by atoms with Crippen molar-refractivity contribution < 1.29 is 23.8 Å².